The Balaban J connectivity index is 1.83. The lowest BCUT2D eigenvalue weighted by Crippen LogP contribution is -2.41. The zero-order valence-electron chi connectivity index (χ0n) is 10.3. The predicted octanol–water partition coefficient (Wildman–Crippen LogP) is 1.75. The molecule has 3 saturated heterocycles. The van der Waals surface area contributed by atoms with E-state index in [2.05, 4.69) is 4.90 Å². The van der Waals surface area contributed by atoms with Gasteiger partial charge in [-0.15, -0.1) is 0 Å². The highest BCUT2D eigenvalue weighted by atomic mass is 19.1. The maximum atomic E-state index is 13.2. The van der Waals surface area contributed by atoms with Crippen LogP contribution in [-0.4, -0.2) is 47.9 Å². The summed E-state index contributed by atoms with van der Waals surface area (Å²) in [5.41, 5.74) is 0.468. The molecule has 4 rings (SSSR count). The second-order valence-corrected chi connectivity index (χ2v) is 5.08. The van der Waals surface area contributed by atoms with E-state index in [9.17, 15) is 9.18 Å². The van der Waals surface area contributed by atoms with Crippen molar-refractivity contribution in [2.24, 2.45) is 0 Å². The van der Waals surface area contributed by atoms with Gasteiger partial charge in [-0.3, -0.25) is 4.79 Å². The second kappa shape index (κ2) is 4.69. The van der Waals surface area contributed by atoms with E-state index in [-0.39, 0.29) is 11.7 Å². The lowest BCUT2D eigenvalue weighted by Gasteiger charge is -2.31. The minimum Gasteiger partial charge on any atom is -0.334 e. The first-order valence-electron chi connectivity index (χ1n) is 6.53. The normalized spacial score (nSPS) is 27.1. The summed E-state index contributed by atoms with van der Waals surface area (Å²) < 4.78 is 13.2. The Morgan fingerprint density at radius 2 is 1.94 bits per heavy atom. The standard InChI is InChI=1S/C14H17FN2O/c15-12-3-1-2-11(10-12)14(18)17-9-8-16-6-4-13(17)5-7-16/h1-3,10,13H,4-9H2. The average Bonchev–Trinajstić information content (AvgIpc) is 2.71. The maximum Gasteiger partial charge on any atom is 0.254 e. The highest BCUT2D eigenvalue weighted by molar-refractivity contribution is 5.94. The molecule has 1 amide bonds. The molecule has 0 radical (unpaired) electrons. The van der Waals surface area contributed by atoms with Crippen molar-refractivity contribution in [1.82, 2.24) is 9.80 Å². The molecular formula is C14H17FN2O. The highest BCUT2D eigenvalue weighted by Gasteiger charge is 2.32. The molecule has 3 nitrogen and oxygen atoms in total. The van der Waals surface area contributed by atoms with Gasteiger partial charge in [-0.2, -0.15) is 0 Å². The number of carbonyl (C=O) groups excluding carboxylic acids is 1. The lowest BCUT2D eigenvalue weighted by molar-refractivity contribution is 0.0684. The van der Waals surface area contributed by atoms with Crippen molar-refractivity contribution in [3.8, 4) is 0 Å². The molecule has 3 heterocycles. The van der Waals surface area contributed by atoms with Crippen LogP contribution in [-0.2, 0) is 0 Å². The number of piperidine rings is 1. The molecule has 1 aromatic rings. The molecule has 0 atom stereocenters. The Hall–Kier alpha value is -1.42. The SMILES string of the molecule is O=C(c1cccc(F)c1)N1CCN2CCC1CC2. The molecular weight excluding hydrogens is 231 g/mol. The van der Waals surface area contributed by atoms with Crippen molar-refractivity contribution in [2.45, 2.75) is 18.9 Å². The molecule has 3 aliphatic rings. The van der Waals surface area contributed by atoms with Gasteiger partial charge in [0, 0.05) is 37.8 Å². The molecule has 2 bridgehead atoms. The molecule has 3 aliphatic heterocycles. The van der Waals surface area contributed by atoms with Crippen LogP contribution in [0.1, 0.15) is 23.2 Å². The van der Waals surface area contributed by atoms with Gasteiger partial charge in [0.15, 0.2) is 0 Å². The van der Waals surface area contributed by atoms with Gasteiger partial charge in [-0.05, 0) is 31.0 Å². The fourth-order valence-corrected chi connectivity index (χ4v) is 2.94. The molecule has 0 unspecified atom stereocenters. The minimum atomic E-state index is -0.344. The quantitative estimate of drug-likeness (QED) is 0.756. The second-order valence-electron chi connectivity index (χ2n) is 5.08. The highest BCUT2D eigenvalue weighted by Crippen LogP contribution is 2.22. The van der Waals surface area contributed by atoms with E-state index in [1.54, 1.807) is 12.1 Å². The van der Waals surface area contributed by atoms with E-state index in [0.717, 1.165) is 39.0 Å². The van der Waals surface area contributed by atoms with Crippen molar-refractivity contribution in [3.63, 3.8) is 0 Å². The first-order chi connectivity index (χ1) is 8.74. The first kappa shape index (κ1) is 11.7. The average molecular weight is 248 g/mol. The Morgan fingerprint density at radius 1 is 1.17 bits per heavy atom. The summed E-state index contributed by atoms with van der Waals surface area (Å²) >= 11 is 0. The maximum absolute atomic E-state index is 13.2. The summed E-state index contributed by atoms with van der Waals surface area (Å²) in [7, 11) is 0. The molecule has 0 saturated carbocycles. The van der Waals surface area contributed by atoms with Crippen LogP contribution in [0.4, 0.5) is 4.39 Å². The van der Waals surface area contributed by atoms with Crippen molar-refractivity contribution < 1.29 is 9.18 Å². The van der Waals surface area contributed by atoms with Crippen LogP contribution < -0.4 is 0 Å². The van der Waals surface area contributed by atoms with Crippen LogP contribution in [0.3, 0.4) is 0 Å². The van der Waals surface area contributed by atoms with Crippen LogP contribution in [0.2, 0.25) is 0 Å². The number of benzene rings is 1. The summed E-state index contributed by atoms with van der Waals surface area (Å²) in [5.74, 6) is -0.369. The van der Waals surface area contributed by atoms with Gasteiger partial charge in [0.25, 0.3) is 5.91 Å². The number of hydrogen-bond donors (Lipinski definition) is 0. The third-order valence-corrected chi connectivity index (χ3v) is 3.99. The number of hydrogen-bond acceptors (Lipinski definition) is 2. The van der Waals surface area contributed by atoms with Crippen molar-refractivity contribution in [3.05, 3.63) is 35.6 Å². The third-order valence-electron chi connectivity index (χ3n) is 3.99. The summed E-state index contributed by atoms with van der Waals surface area (Å²) in [6, 6.07) is 6.33. The van der Waals surface area contributed by atoms with Gasteiger partial charge < -0.3 is 9.80 Å². The molecule has 3 fully saturated rings. The van der Waals surface area contributed by atoms with E-state index in [0.29, 0.717) is 11.6 Å². The van der Waals surface area contributed by atoms with Crippen molar-refractivity contribution >= 4 is 5.91 Å². The monoisotopic (exact) mass is 248 g/mol. The summed E-state index contributed by atoms with van der Waals surface area (Å²) in [5, 5.41) is 0. The Kier molecular flexibility index (Phi) is 3.04. The number of rotatable bonds is 1. The Labute approximate surface area is 106 Å². The summed E-state index contributed by atoms with van der Waals surface area (Å²) in [6.07, 6.45) is 2.09. The van der Waals surface area contributed by atoms with Crippen LogP contribution >= 0.6 is 0 Å². The topological polar surface area (TPSA) is 23.6 Å². The van der Waals surface area contributed by atoms with Crippen LogP contribution in [0.5, 0.6) is 0 Å². The van der Waals surface area contributed by atoms with E-state index in [4.69, 9.17) is 0 Å². The molecule has 96 valence electrons. The van der Waals surface area contributed by atoms with Gasteiger partial charge in [0.1, 0.15) is 5.82 Å². The smallest absolute Gasteiger partial charge is 0.254 e. The predicted molar refractivity (Wildman–Crippen MR) is 66.9 cm³/mol. The largest absolute Gasteiger partial charge is 0.334 e. The van der Waals surface area contributed by atoms with E-state index < -0.39 is 0 Å². The summed E-state index contributed by atoms with van der Waals surface area (Å²) in [6.45, 7) is 3.87. The van der Waals surface area contributed by atoms with E-state index >= 15 is 0 Å². The molecule has 0 aliphatic carbocycles. The third kappa shape index (κ3) is 2.12. The Bertz CT molecular complexity index is 455. The summed E-state index contributed by atoms with van der Waals surface area (Å²) in [4.78, 5) is 16.8. The lowest BCUT2D eigenvalue weighted by atomic mass is 10.0. The molecule has 0 N–H and O–H groups in total. The van der Waals surface area contributed by atoms with Crippen molar-refractivity contribution in [1.29, 1.82) is 0 Å². The van der Waals surface area contributed by atoms with Crippen LogP contribution in [0, 0.1) is 5.82 Å². The van der Waals surface area contributed by atoms with Crippen LogP contribution in [0.25, 0.3) is 0 Å². The van der Waals surface area contributed by atoms with Gasteiger partial charge in [0.2, 0.25) is 0 Å². The van der Waals surface area contributed by atoms with Crippen molar-refractivity contribution in [2.75, 3.05) is 26.2 Å². The fourth-order valence-electron chi connectivity index (χ4n) is 2.94. The molecule has 0 aromatic heterocycles. The number of halogens is 1. The number of amides is 1. The minimum absolute atomic E-state index is 0.0248. The number of carbonyl (C=O) groups is 1. The molecule has 0 spiro atoms. The number of fused-ring (bicyclic) bond motifs is 4. The molecule has 1 aromatic carbocycles. The zero-order chi connectivity index (χ0) is 12.5. The van der Waals surface area contributed by atoms with Gasteiger partial charge >= 0.3 is 0 Å². The van der Waals surface area contributed by atoms with Gasteiger partial charge in [-0.1, -0.05) is 6.07 Å². The van der Waals surface area contributed by atoms with Gasteiger partial charge in [-0.25, -0.2) is 4.39 Å². The Morgan fingerprint density at radius 3 is 2.67 bits per heavy atom. The number of nitrogens with zero attached hydrogens (tertiary/aromatic N) is 2. The first-order valence-corrected chi connectivity index (χ1v) is 6.53. The van der Waals surface area contributed by atoms with Gasteiger partial charge in [0.05, 0.1) is 0 Å². The fraction of sp³-hybridized carbons (Fsp3) is 0.500. The van der Waals surface area contributed by atoms with Crippen LogP contribution in [0.15, 0.2) is 24.3 Å². The van der Waals surface area contributed by atoms with E-state index in [1.165, 1.54) is 12.1 Å². The molecule has 18 heavy (non-hydrogen) atoms. The zero-order valence-corrected chi connectivity index (χ0v) is 10.3. The van der Waals surface area contributed by atoms with E-state index in [1.807, 2.05) is 4.90 Å². The molecule has 4 heteroatoms.